The molecule has 0 aliphatic rings. The molecule has 16 heavy (non-hydrogen) atoms. The molecule has 0 radical (unpaired) electrons. The molecule has 4 heteroatoms. The summed E-state index contributed by atoms with van der Waals surface area (Å²) >= 11 is 7.58. The topological polar surface area (TPSA) is 24.9 Å². The largest absolute Gasteiger partial charge is 0.315 e. The van der Waals surface area contributed by atoms with E-state index in [9.17, 15) is 0 Å². The van der Waals surface area contributed by atoms with Crippen LogP contribution in [0.3, 0.4) is 0 Å². The van der Waals surface area contributed by atoms with Gasteiger partial charge in [0.25, 0.3) is 0 Å². The van der Waals surface area contributed by atoms with Crippen molar-refractivity contribution in [3.8, 4) is 10.6 Å². The molecule has 0 fully saturated rings. The van der Waals surface area contributed by atoms with Crippen LogP contribution in [-0.2, 0) is 6.54 Å². The van der Waals surface area contributed by atoms with Gasteiger partial charge in [0.2, 0.25) is 0 Å². The van der Waals surface area contributed by atoms with E-state index in [4.69, 9.17) is 11.6 Å². The van der Waals surface area contributed by atoms with Crippen molar-refractivity contribution in [1.29, 1.82) is 0 Å². The second-order valence-electron chi connectivity index (χ2n) is 3.56. The summed E-state index contributed by atoms with van der Waals surface area (Å²) in [5, 5.41) is 4.96. The van der Waals surface area contributed by atoms with Crippen LogP contribution >= 0.6 is 22.9 Å². The zero-order valence-electron chi connectivity index (χ0n) is 9.25. The van der Waals surface area contributed by atoms with E-state index in [1.807, 2.05) is 38.2 Å². The molecule has 2 aromatic rings. The third-order valence-corrected chi connectivity index (χ3v) is 3.78. The van der Waals surface area contributed by atoms with Crippen LogP contribution in [0, 0.1) is 6.92 Å². The van der Waals surface area contributed by atoms with Crippen LogP contribution in [0.1, 0.15) is 10.6 Å². The van der Waals surface area contributed by atoms with E-state index in [2.05, 4.69) is 10.3 Å². The predicted octanol–water partition coefficient (Wildman–Crippen LogP) is 3.49. The van der Waals surface area contributed by atoms with Crippen LogP contribution in [-0.4, -0.2) is 12.0 Å². The SMILES string of the molecule is CNCc1sc(-c2ccc(Cl)cc2)nc1C. The zero-order valence-corrected chi connectivity index (χ0v) is 10.8. The van der Waals surface area contributed by atoms with Gasteiger partial charge in [0.1, 0.15) is 5.01 Å². The van der Waals surface area contributed by atoms with E-state index in [-0.39, 0.29) is 0 Å². The number of halogens is 1. The summed E-state index contributed by atoms with van der Waals surface area (Å²) in [6.45, 7) is 2.92. The Morgan fingerprint density at radius 2 is 2.00 bits per heavy atom. The Morgan fingerprint density at radius 3 is 2.62 bits per heavy atom. The molecule has 1 aromatic carbocycles. The van der Waals surface area contributed by atoms with Gasteiger partial charge in [-0.1, -0.05) is 23.7 Å². The van der Waals surface area contributed by atoms with Crippen molar-refractivity contribution in [3.05, 3.63) is 39.9 Å². The highest BCUT2D eigenvalue weighted by molar-refractivity contribution is 7.15. The number of benzene rings is 1. The summed E-state index contributed by atoms with van der Waals surface area (Å²) in [5.41, 5.74) is 2.23. The number of nitrogens with zero attached hydrogens (tertiary/aromatic N) is 1. The first-order valence-corrected chi connectivity index (χ1v) is 6.27. The van der Waals surface area contributed by atoms with Crippen LogP contribution in [0.2, 0.25) is 5.02 Å². The Balaban J connectivity index is 2.33. The van der Waals surface area contributed by atoms with Gasteiger partial charge < -0.3 is 5.32 Å². The van der Waals surface area contributed by atoms with E-state index < -0.39 is 0 Å². The van der Waals surface area contributed by atoms with E-state index in [1.54, 1.807) is 11.3 Å². The molecule has 0 atom stereocenters. The van der Waals surface area contributed by atoms with E-state index in [0.717, 1.165) is 27.8 Å². The zero-order chi connectivity index (χ0) is 11.5. The Bertz CT molecular complexity index is 476. The van der Waals surface area contributed by atoms with Gasteiger partial charge >= 0.3 is 0 Å². The van der Waals surface area contributed by atoms with E-state index >= 15 is 0 Å². The van der Waals surface area contributed by atoms with Crippen LogP contribution in [0.15, 0.2) is 24.3 Å². The molecule has 1 N–H and O–H groups in total. The molecule has 0 aliphatic carbocycles. The Labute approximate surface area is 104 Å². The van der Waals surface area contributed by atoms with Crippen LogP contribution < -0.4 is 5.32 Å². The van der Waals surface area contributed by atoms with Crippen molar-refractivity contribution in [2.75, 3.05) is 7.05 Å². The van der Waals surface area contributed by atoms with Gasteiger partial charge in [-0.05, 0) is 26.1 Å². The molecule has 0 bridgehead atoms. The molecule has 1 aromatic heterocycles. The molecule has 84 valence electrons. The van der Waals surface area contributed by atoms with Gasteiger partial charge in [-0.25, -0.2) is 4.98 Å². The Kier molecular flexibility index (Phi) is 3.59. The minimum Gasteiger partial charge on any atom is -0.315 e. The highest BCUT2D eigenvalue weighted by Crippen LogP contribution is 2.28. The van der Waals surface area contributed by atoms with Gasteiger partial charge in [0.05, 0.1) is 5.69 Å². The maximum atomic E-state index is 5.86. The van der Waals surface area contributed by atoms with Gasteiger partial charge in [-0.15, -0.1) is 11.3 Å². The summed E-state index contributed by atoms with van der Waals surface area (Å²) < 4.78 is 0. The van der Waals surface area contributed by atoms with Gasteiger partial charge in [0.15, 0.2) is 0 Å². The van der Waals surface area contributed by atoms with Crippen LogP contribution in [0.4, 0.5) is 0 Å². The summed E-state index contributed by atoms with van der Waals surface area (Å²) in [6.07, 6.45) is 0. The van der Waals surface area contributed by atoms with Gasteiger partial charge in [-0.3, -0.25) is 0 Å². The number of aromatic nitrogens is 1. The fourth-order valence-electron chi connectivity index (χ4n) is 1.47. The molecule has 0 unspecified atom stereocenters. The molecular formula is C12H13ClN2S. The lowest BCUT2D eigenvalue weighted by molar-refractivity contribution is 0.823. The molecule has 2 nitrogen and oxygen atoms in total. The first-order valence-electron chi connectivity index (χ1n) is 5.07. The minimum atomic E-state index is 0.757. The average molecular weight is 253 g/mol. The quantitative estimate of drug-likeness (QED) is 0.905. The molecule has 0 saturated heterocycles. The molecule has 0 amide bonds. The number of hydrogen-bond donors (Lipinski definition) is 1. The molecular weight excluding hydrogens is 240 g/mol. The Hall–Kier alpha value is -0.900. The second kappa shape index (κ2) is 4.95. The lowest BCUT2D eigenvalue weighted by Crippen LogP contribution is -2.04. The van der Waals surface area contributed by atoms with Crippen molar-refractivity contribution in [2.45, 2.75) is 13.5 Å². The summed E-state index contributed by atoms with van der Waals surface area (Å²) in [4.78, 5) is 5.85. The average Bonchev–Trinajstić information content (AvgIpc) is 2.62. The van der Waals surface area contributed by atoms with Crippen LogP contribution in [0.25, 0.3) is 10.6 Å². The number of hydrogen-bond acceptors (Lipinski definition) is 3. The first-order chi connectivity index (χ1) is 7.70. The minimum absolute atomic E-state index is 0.757. The predicted molar refractivity (Wildman–Crippen MR) is 70.1 cm³/mol. The third kappa shape index (κ3) is 2.43. The van der Waals surface area contributed by atoms with Crippen molar-refractivity contribution < 1.29 is 0 Å². The van der Waals surface area contributed by atoms with Crippen molar-refractivity contribution >= 4 is 22.9 Å². The lowest BCUT2D eigenvalue weighted by Gasteiger charge is -1.95. The fraction of sp³-hybridized carbons (Fsp3) is 0.250. The monoisotopic (exact) mass is 252 g/mol. The maximum absolute atomic E-state index is 5.86. The molecule has 0 spiro atoms. The lowest BCUT2D eigenvalue weighted by atomic mass is 10.2. The van der Waals surface area contributed by atoms with E-state index in [0.29, 0.717) is 0 Å². The normalized spacial score (nSPS) is 10.7. The maximum Gasteiger partial charge on any atom is 0.123 e. The van der Waals surface area contributed by atoms with Crippen molar-refractivity contribution in [2.24, 2.45) is 0 Å². The highest BCUT2D eigenvalue weighted by Gasteiger charge is 2.08. The van der Waals surface area contributed by atoms with Crippen molar-refractivity contribution in [1.82, 2.24) is 10.3 Å². The summed E-state index contributed by atoms with van der Waals surface area (Å²) in [7, 11) is 1.95. The molecule has 1 heterocycles. The Morgan fingerprint density at radius 1 is 1.31 bits per heavy atom. The molecule has 0 aliphatic heterocycles. The summed E-state index contributed by atoms with van der Waals surface area (Å²) in [6, 6.07) is 7.80. The number of nitrogens with one attached hydrogen (secondary N) is 1. The third-order valence-electron chi connectivity index (χ3n) is 2.32. The summed E-state index contributed by atoms with van der Waals surface area (Å²) in [5.74, 6) is 0. The van der Waals surface area contributed by atoms with Crippen molar-refractivity contribution in [3.63, 3.8) is 0 Å². The number of rotatable bonds is 3. The molecule has 0 saturated carbocycles. The standard InChI is InChI=1S/C12H13ClN2S/c1-8-11(7-14-2)16-12(15-8)9-3-5-10(13)6-4-9/h3-6,14H,7H2,1-2H3. The van der Waals surface area contributed by atoms with Gasteiger partial charge in [0, 0.05) is 22.0 Å². The molecule has 2 rings (SSSR count). The fourth-order valence-corrected chi connectivity index (χ4v) is 2.67. The highest BCUT2D eigenvalue weighted by atomic mass is 35.5. The van der Waals surface area contributed by atoms with Crippen LogP contribution in [0.5, 0.6) is 0 Å². The van der Waals surface area contributed by atoms with E-state index in [1.165, 1.54) is 4.88 Å². The number of thiazole rings is 1. The first kappa shape index (κ1) is 11.6. The second-order valence-corrected chi connectivity index (χ2v) is 5.08. The number of aryl methyl sites for hydroxylation is 1. The smallest absolute Gasteiger partial charge is 0.123 e. The van der Waals surface area contributed by atoms with Gasteiger partial charge in [-0.2, -0.15) is 0 Å².